The summed E-state index contributed by atoms with van der Waals surface area (Å²) in [5.74, 6) is 0.303. The van der Waals surface area contributed by atoms with Gasteiger partial charge in [-0.1, -0.05) is 17.7 Å². The third-order valence-electron chi connectivity index (χ3n) is 3.05. The minimum absolute atomic E-state index is 0.203. The maximum atomic E-state index is 13.8. The maximum Gasteiger partial charge on any atom is 0.165 e. The minimum atomic E-state index is -0.297. The van der Waals surface area contributed by atoms with Crippen molar-refractivity contribution in [3.63, 3.8) is 0 Å². The molecule has 2 nitrogen and oxygen atoms in total. The molecule has 1 aromatic rings. The molecule has 0 spiro atoms. The van der Waals surface area contributed by atoms with Gasteiger partial charge in [-0.15, -0.1) is 0 Å². The van der Waals surface area contributed by atoms with Crippen LogP contribution < -0.4 is 10.2 Å². The molecule has 0 saturated carbocycles. The number of anilines is 1. The Morgan fingerprint density at radius 1 is 1.56 bits per heavy atom. The Hall–Kier alpha value is -0.800. The van der Waals surface area contributed by atoms with Crippen LogP contribution in [0.4, 0.5) is 10.1 Å². The van der Waals surface area contributed by atoms with Crippen molar-refractivity contribution in [3.8, 4) is 0 Å². The Labute approximate surface area is 100 Å². The number of benzene rings is 1. The van der Waals surface area contributed by atoms with Gasteiger partial charge in [0.15, 0.2) is 5.82 Å². The van der Waals surface area contributed by atoms with E-state index in [1.165, 1.54) is 0 Å². The molecule has 0 aliphatic carbocycles. The van der Waals surface area contributed by atoms with E-state index in [4.69, 9.17) is 11.6 Å². The van der Waals surface area contributed by atoms with Gasteiger partial charge in [0.2, 0.25) is 0 Å². The highest BCUT2D eigenvalue weighted by Gasteiger charge is 2.24. The van der Waals surface area contributed by atoms with Crippen molar-refractivity contribution in [1.29, 1.82) is 0 Å². The number of nitrogens with zero attached hydrogens (tertiary/aromatic N) is 1. The van der Waals surface area contributed by atoms with Gasteiger partial charge in [-0.05, 0) is 38.1 Å². The van der Waals surface area contributed by atoms with Gasteiger partial charge in [-0.2, -0.15) is 0 Å². The zero-order valence-electron chi connectivity index (χ0n) is 9.34. The average molecular weight is 243 g/mol. The van der Waals surface area contributed by atoms with E-state index in [1.807, 2.05) is 7.05 Å². The third kappa shape index (κ3) is 2.30. The molecular formula is C12H16ClFN2. The first kappa shape index (κ1) is 11.7. The zero-order valence-corrected chi connectivity index (χ0v) is 10.1. The first-order valence-electron chi connectivity index (χ1n) is 5.56. The van der Waals surface area contributed by atoms with Crippen LogP contribution in [0, 0.1) is 11.7 Å². The van der Waals surface area contributed by atoms with Gasteiger partial charge in [-0.3, -0.25) is 0 Å². The summed E-state index contributed by atoms with van der Waals surface area (Å²) in [6.07, 6.45) is 1.10. The second-order valence-electron chi connectivity index (χ2n) is 4.23. The summed E-state index contributed by atoms with van der Waals surface area (Å²) < 4.78 is 13.8. The van der Waals surface area contributed by atoms with Crippen LogP contribution >= 0.6 is 11.6 Å². The summed E-state index contributed by atoms with van der Waals surface area (Å²) in [6, 6.07) is 5.18. The minimum Gasteiger partial charge on any atom is -0.369 e. The molecule has 0 radical (unpaired) electrons. The summed E-state index contributed by atoms with van der Waals surface area (Å²) >= 11 is 5.78. The lowest BCUT2D eigenvalue weighted by atomic mass is 10.1. The molecule has 16 heavy (non-hydrogen) atoms. The Morgan fingerprint density at radius 2 is 2.38 bits per heavy atom. The Kier molecular flexibility index (Phi) is 3.66. The lowest BCUT2D eigenvalue weighted by Gasteiger charge is -2.19. The molecule has 1 saturated heterocycles. The molecule has 2 rings (SSSR count). The van der Waals surface area contributed by atoms with E-state index in [0.29, 0.717) is 11.6 Å². The van der Waals surface area contributed by atoms with Crippen molar-refractivity contribution in [3.05, 3.63) is 29.0 Å². The molecule has 1 atom stereocenters. The molecule has 1 fully saturated rings. The van der Waals surface area contributed by atoms with Crippen LogP contribution in [-0.2, 0) is 0 Å². The molecule has 0 amide bonds. The molecule has 1 aliphatic rings. The smallest absolute Gasteiger partial charge is 0.165 e. The predicted molar refractivity (Wildman–Crippen MR) is 65.7 cm³/mol. The second-order valence-corrected chi connectivity index (χ2v) is 4.64. The molecule has 1 aromatic carbocycles. The van der Waals surface area contributed by atoms with Gasteiger partial charge in [0.1, 0.15) is 0 Å². The predicted octanol–water partition coefficient (Wildman–Crippen LogP) is 2.52. The van der Waals surface area contributed by atoms with Crippen molar-refractivity contribution >= 4 is 17.3 Å². The van der Waals surface area contributed by atoms with Crippen molar-refractivity contribution in [2.75, 3.05) is 31.6 Å². The molecule has 1 unspecified atom stereocenters. The maximum absolute atomic E-state index is 13.8. The summed E-state index contributed by atoms with van der Waals surface area (Å²) in [5, 5.41) is 3.36. The SMILES string of the molecule is CNCC1CCN(c2cccc(Cl)c2F)C1. The summed E-state index contributed by atoms with van der Waals surface area (Å²) in [6.45, 7) is 2.79. The van der Waals surface area contributed by atoms with Crippen LogP contribution in [0.1, 0.15) is 6.42 Å². The van der Waals surface area contributed by atoms with Crippen LogP contribution in [0.25, 0.3) is 0 Å². The molecule has 0 aromatic heterocycles. The van der Waals surface area contributed by atoms with Crippen LogP contribution in [0.15, 0.2) is 18.2 Å². The van der Waals surface area contributed by atoms with Gasteiger partial charge in [0.25, 0.3) is 0 Å². The fraction of sp³-hybridized carbons (Fsp3) is 0.500. The summed E-state index contributed by atoms with van der Waals surface area (Å²) in [7, 11) is 1.95. The van der Waals surface area contributed by atoms with E-state index in [0.717, 1.165) is 26.1 Å². The molecule has 1 aliphatic heterocycles. The van der Waals surface area contributed by atoms with E-state index in [-0.39, 0.29) is 10.8 Å². The number of nitrogens with one attached hydrogen (secondary N) is 1. The summed E-state index contributed by atoms with van der Waals surface area (Å²) in [4.78, 5) is 2.07. The zero-order chi connectivity index (χ0) is 11.5. The van der Waals surface area contributed by atoms with E-state index in [9.17, 15) is 4.39 Å². The van der Waals surface area contributed by atoms with Gasteiger partial charge < -0.3 is 10.2 Å². The van der Waals surface area contributed by atoms with E-state index < -0.39 is 0 Å². The molecule has 0 bridgehead atoms. The van der Waals surface area contributed by atoms with Crippen LogP contribution in [-0.4, -0.2) is 26.7 Å². The number of rotatable bonds is 3. The van der Waals surface area contributed by atoms with Crippen LogP contribution in [0.2, 0.25) is 5.02 Å². The fourth-order valence-electron chi connectivity index (χ4n) is 2.24. The van der Waals surface area contributed by atoms with E-state index in [1.54, 1.807) is 18.2 Å². The first-order valence-corrected chi connectivity index (χ1v) is 5.93. The number of hydrogen-bond acceptors (Lipinski definition) is 2. The lowest BCUT2D eigenvalue weighted by molar-refractivity contribution is 0.548. The highest BCUT2D eigenvalue weighted by atomic mass is 35.5. The molecular weight excluding hydrogens is 227 g/mol. The molecule has 4 heteroatoms. The van der Waals surface area contributed by atoms with Crippen LogP contribution in [0.5, 0.6) is 0 Å². The van der Waals surface area contributed by atoms with Crippen molar-refractivity contribution in [2.24, 2.45) is 5.92 Å². The van der Waals surface area contributed by atoms with Crippen LogP contribution in [0.3, 0.4) is 0 Å². The normalized spacial score (nSPS) is 20.4. The van der Waals surface area contributed by atoms with E-state index in [2.05, 4.69) is 10.2 Å². The topological polar surface area (TPSA) is 15.3 Å². The Bertz CT molecular complexity index is 370. The fourth-order valence-corrected chi connectivity index (χ4v) is 2.41. The average Bonchev–Trinajstić information content (AvgIpc) is 2.71. The van der Waals surface area contributed by atoms with Gasteiger partial charge in [-0.25, -0.2) is 4.39 Å². The quantitative estimate of drug-likeness (QED) is 0.876. The Morgan fingerprint density at radius 3 is 3.12 bits per heavy atom. The number of halogens is 2. The largest absolute Gasteiger partial charge is 0.369 e. The molecule has 88 valence electrons. The van der Waals surface area contributed by atoms with Crippen molar-refractivity contribution < 1.29 is 4.39 Å². The third-order valence-corrected chi connectivity index (χ3v) is 3.34. The standard InChI is InChI=1S/C12H16ClFN2/c1-15-7-9-5-6-16(8-9)11-4-2-3-10(13)12(11)14/h2-4,9,15H,5-8H2,1H3. The first-order chi connectivity index (χ1) is 7.72. The van der Waals surface area contributed by atoms with Crippen molar-refractivity contribution in [2.45, 2.75) is 6.42 Å². The highest BCUT2D eigenvalue weighted by molar-refractivity contribution is 6.31. The summed E-state index contributed by atoms with van der Waals surface area (Å²) in [5.41, 5.74) is 0.631. The van der Waals surface area contributed by atoms with E-state index >= 15 is 0 Å². The molecule has 1 heterocycles. The highest BCUT2D eigenvalue weighted by Crippen LogP contribution is 2.29. The molecule has 1 N–H and O–H groups in total. The monoisotopic (exact) mass is 242 g/mol. The second kappa shape index (κ2) is 5.02. The Balaban J connectivity index is 2.11. The van der Waals surface area contributed by atoms with Gasteiger partial charge in [0, 0.05) is 13.1 Å². The van der Waals surface area contributed by atoms with Crippen molar-refractivity contribution in [1.82, 2.24) is 5.32 Å². The lowest BCUT2D eigenvalue weighted by Crippen LogP contribution is -2.24. The van der Waals surface area contributed by atoms with Gasteiger partial charge >= 0.3 is 0 Å². The van der Waals surface area contributed by atoms with Gasteiger partial charge in [0.05, 0.1) is 10.7 Å². The number of hydrogen-bond donors (Lipinski definition) is 1.